The van der Waals surface area contributed by atoms with Crippen LogP contribution in [0.2, 0.25) is 0 Å². The minimum absolute atomic E-state index is 0.0875. The fourth-order valence-electron chi connectivity index (χ4n) is 7.61. The van der Waals surface area contributed by atoms with Gasteiger partial charge in [-0.3, -0.25) is 14.4 Å². The van der Waals surface area contributed by atoms with Crippen molar-refractivity contribution in [2.45, 2.75) is 271 Å². The summed E-state index contributed by atoms with van der Waals surface area (Å²) in [5, 5.41) is 0. The van der Waals surface area contributed by atoms with Crippen LogP contribution in [0.4, 0.5) is 0 Å². The smallest absolute Gasteiger partial charge is 0.306 e. The maximum absolute atomic E-state index is 12.8. The van der Waals surface area contributed by atoms with E-state index in [0.717, 1.165) is 122 Å². The van der Waals surface area contributed by atoms with E-state index in [1.165, 1.54) is 103 Å². The highest BCUT2D eigenvalue weighted by Crippen LogP contribution is 2.15. The molecule has 6 heteroatoms. The standard InChI is InChI=1S/C59H102O6/c1-4-7-10-13-16-19-22-25-27-29-30-31-33-34-37-40-43-46-49-52-58(61)64-55-56(54-63-57(60)51-48-45-42-39-36-24-21-18-15-12-9-6-3)65-59(62)53-50-47-44-41-38-35-32-28-26-23-20-17-14-11-8-5-2/h8-9,11-12,17-18,20-21,26,28-30,56H,4-7,10,13-16,19,22-25,27,31-55H2,1-3H3/b11-8-,12-9-,20-17-,21-18-,28-26-,30-29-. The lowest BCUT2D eigenvalue weighted by molar-refractivity contribution is -0.167. The van der Waals surface area contributed by atoms with Crippen molar-refractivity contribution >= 4 is 17.9 Å². The number of rotatable bonds is 49. The molecular weight excluding hydrogens is 805 g/mol. The molecule has 0 heterocycles. The lowest BCUT2D eigenvalue weighted by Gasteiger charge is -2.18. The average molecular weight is 907 g/mol. The van der Waals surface area contributed by atoms with Crippen molar-refractivity contribution in [2.24, 2.45) is 0 Å². The van der Waals surface area contributed by atoms with Crippen LogP contribution in [0.1, 0.15) is 265 Å². The van der Waals surface area contributed by atoms with E-state index in [1.54, 1.807) is 0 Å². The van der Waals surface area contributed by atoms with Gasteiger partial charge in [0.15, 0.2) is 6.10 Å². The Morgan fingerprint density at radius 1 is 0.323 bits per heavy atom. The highest BCUT2D eigenvalue weighted by molar-refractivity contribution is 5.71. The van der Waals surface area contributed by atoms with E-state index in [-0.39, 0.29) is 31.1 Å². The molecule has 6 nitrogen and oxygen atoms in total. The second-order valence-electron chi connectivity index (χ2n) is 18.1. The highest BCUT2D eigenvalue weighted by Gasteiger charge is 2.19. The van der Waals surface area contributed by atoms with Crippen LogP contribution in [0.5, 0.6) is 0 Å². The number of hydrogen-bond donors (Lipinski definition) is 0. The van der Waals surface area contributed by atoms with Crippen molar-refractivity contribution in [3.63, 3.8) is 0 Å². The van der Waals surface area contributed by atoms with Gasteiger partial charge >= 0.3 is 17.9 Å². The molecule has 0 aliphatic heterocycles. The van der Waals surface area contributed by atoms with Crippen molar-refractivity contribution in [3.05, 3.63) is 72.9 Å². The van der Waals surface area contributed by atoms with Gasteiger partial charge in [-0.15, -0.1) is 0 Å². The monoisotopic (exact) mass is 907 g/mol. The van der Waals surface area contributed by atoms with Crippen molar-refractivity contribution in [1.29, 1.82) is 0 Å². The third-order valence-corrected chi connectivity index (χ3v) is 11.7. The summed E-state index contributed by atoms with van der Waals surface area (Å²) >= 11 is 0. The second kappa shape index (κ2) is 53.5. The number of carbonyl (C=O) groups excluding carboxylic acids is 3. The topological polar surface area (TPSA) is 78.9 Å². The Labute approximate surface area is 402 Å². The Hall–Kier alpha value is -3.15. The van der Waals surface area contributed by atoms with Crippen molar-refractivity contribution in [1.82, 2.24) is 0 Å². The first-order valence-electron chi connectivity index (χ1n) is 27.4. The Morgan fingerprint density at radius 2 is 0.600 bits per heavy atom. The van der Waals surface area contributed by atoms with E-state index < -0.39 is 6.10 Å². The zero-order valence-corrected chi connectivity index (χ0v) is 42.7. The summed E-state index contributed by atoms with van der Waals surface area (Å²) < 4.78 is 16.8. The molecule has 0 aromatic carbocycles. The SMILES string of the molecule is CC/C=C\C/C=C\C/C=C\CCCCCCCCC(=O)OC(COC(=O)CCCCCCC/C=C\C/C=C\CC)COC(=O)CCCCCCCCC/C=C\CCCCCCCCCC. The number of carbonyl (C=O) groups is 3. The summed E-state index contributed by atoms with van der Waals surface area (Å²) in [4.78, 5) is 38.1. The Bertz CT molecular complexity index is 1230. The quantitative estimate of drug-likeness (QED) is 0.0262. The van der Waals surface area contributed by atoms with Gasteiger partial charge in [-0.1, -0.05) is 216 Å². The molecule has 0 bridgehead atoms. The molecule has 0 N–H and O–H groups in total. The van der Waals surface area contributed by atoms with Gasteiger partial charge in [-0.05, 0) is 103 Å². The van der Waals surface area contributed by atoms with Crippen LogP contribution in [-0.2, 0) is 28.6 Å². The number of unbranched alkanes of at least 4 members (excludes halogenated alkanes) is 26. The van der Waals surface area contributed by atoms with Crippen LogP contribution in [0.3, 0.4) is 0 Å². The average Bonchev–Trinajstić information content (AvgIpc) is 3.30. The van der Waals surface area contributed by atoms with Gasteiger partial charge < -0.3 is 14.2 Å². The molecule has 1 atom stereocenters. The summed E-state index contributed by atoms with van der Waals surface area (Å²) in [5.74, 6) is -0.915. The number of ether oxygens (including phenoxy) is 3. The van der Waals surface area contributed by atoms with Crippen LogP contribution >= 0.6 is 0 Å². The summed E-state index contributed by atoms with van der Waals surface area (Å²) in [7, 11) is 0. The van der Waals surface area contributed by atoms with Crippen LogP contribution < -0.4 is 0 Å². The third-order valence-electron chi connectivity index (χ3n) is 11.7. The second-order valence-corrected chi connectivity index (χ2v) is 18.1. The molecule has 0 radical (unpaired) electrons. The van der Waals surface area contributed by atoms with E-state index in [1.807, 2.05) is 0 Å². The fourth-order valence-corrected chi connectivity index (χ4v) is 7.61. The normalized spacial score (nSPS) is 12.6. The van der Waals surface area contributed by atoms with Crippen LogP contribution in [-0.4, -0.2) is 37.2 Å². The lowest BCUT2D eigenvalue weighted by atomic mass is 10.1. The molecule has 0 aliphatic carbocycles. The zero-order chi connectivity index (χ0) is 47.2. The molecule has 0 saturated carbocycles. The molecule has 0 aromatic rings. The summed E-state index contributed by atoms with van der Waals surface area (Å²) in [6, 6.07) is 0. The van der Waals surface area contributed by atoms with Gasteiger partial charge in [-0.2, -0.15) is 0 Å². The molecule has 0 amide bonds. The van der Waals surface area contributed by atoms with E-state index in [4.69, 9.17) is 14.2 Å². The van der Waals surface area contributed by atoms with Crippen LogP contribution in [0.25, 0.3) is 0 Å². The Kier molecular flexibility index (Phi) is 50.9. The Balaban J connectivity index is 4.38. The van der Waals surface area contributed by atoms with Crippen molar-refractivity contribution < 1.29 is 28.6 Å². The molecule has 0 aromatic heterocycles. The van der Waals surface area contributed by atoms with E-state index in [0.29, 0.717) is 19.3 Å². The first-order chi connectivity index (χ1) is 32.0. The molecule has 0 aliphatic rings. The summed E-state index contributed by atoms with van der Waals surface area (Å²) in [6.07, 6.45) is 67.5. The predicted octanol–water partition coefficient (Wildman–Crippen LogP) is 18.2. The minimum atomic E-state index is -0.790. The lowest BCUT2D eigenvalue weighted by Crippen LogP contribution is -2.30. The van der Waals surface area contributed by atoms with Crippen molar-refractivity contribution in [3.8, 4) is 0 Å². The number of hydrogen-bond acceptors (Lipinski definition) is 6. The van der Waals surface area contributed by atoms with Gasteiger partial charge in [0.25, 0.3) is 0 Å². The first-order valence-corrected chi connectivity index (χ1v) is 27.4. The largest absolute Gasteiger partial charge is 0.462 e. The van der Waals surface area contributed by atoms with Gasteiger partial charge in [0.2, 0.25) is 0 Å². The van der Waals surface area contributed by atoms with Gasteiger partial charge in [0.1, 0.15) is 13.2 Å². The molecule has 0 rings (SSSR count). The molecule has 0 spiro atoms. The number of esters is 3. The molecule has 374 valence electrons. The number of allylic oxidation sites excluding steroid dienone is 12. The molecule has 65 heavy (non-hydrogen) atoms. The van der Waals surface area contributed by atoms with Gasteiger partial charge in [0.05, 0.1) is 0 Å². The Morgan fingerprint density at radius 3 is 0.954 bits per heavy atom. The van der Waals surface area contributed by atoms with Crippen LogP contribution in [0, 0.1) is 0 Å². The highest BCUT2D eigenvalue weighted by atomic mass is 16.6. The van der Waals surface area contributed by atoms with Gasteiger partial charge in [0, 0.05) is 19.3 Å². The molecule has 0 saturated heterocycles. The molecule has 0 fully saturated rings. The van der Waals surface area contributed by atoms with E-state index >= 15 is 0 Å². The van der Waals surface area contributed by atoms with Gasteiger partial charge in [-0.25, -0.2) is 0 Å². The third kappa shape index (κ3) is 51.7. The summed E-state index contributed by atoms with van der Waals surface area (Å²) in [5.41, 5.74) is 0. The summed E-state index contributed by atoms with van der Waals surface area (Å²) in [6.45, 7) is 6.40. The van der Waals surface area contributed by atoms with E-state index in [9.17, 15) is 14.4 Å². The molecular formula is C59H102O6. The maximum atomic E-state index is 12.8. The first kappa shape index (κ1) is 61.9. The maximum Gasteiger partial charge on any atom is 0.306 e. The zero-order valence-electron chi connectivity index (χ0n) is 42.7. The van der Waals surface area contributed by atoms with Crippen molar-refractivity contribution in [2.75, 3.05) is 13.2 Å². The van der Waals surface area contributed by atoms with E-state index in [2.05, 4.69) is 93.7 Å². The fraction of sp³-hybridized carbons (Fsp3) is 0.746. The van der Waals surface area contributed by atoms with Crippen LogP contribution in [0.15, 0.2) is 72.9 Å². The molecule has 1 unspecified atom stereocenters. The minimum Gasteiger partial charge on any atom is -0.462 e. The predicted molar refractivity (Wildman–Crippen MR) is 279 cm³/mol.